The maximum absolute atomic E-state index is 10.4. The van der Waals surface area contributed by atoms with Gasteiger partial charge in [0.2, 0.25) is 0 Å². The van der Waals surface area contributed by atoms with Crippen LogP contribution < -0.4 is 0 Å². The SMILES string of the molecule is CCCCCCCCCCCCCCCCCCCCCC(=O)O.[Au]. The quantitative estimate of drug-likeness (QED) is 0.127. The van der Waals surface area contributed by atoms with Crippen LogP contribution in [0.25, 0.3) is 0 Å². The van der Waals surface area contributed by atoms with Crippen molar-refractivity contribution in [1.29, 1.82) is 0 Å². The summed E-state index contributed by atoms with van der Waals surface area (Å²) in [6.45, 7) is 2.28. The summed E-state index contributed by atoms with van der Waals surface area (Å²) in [6, 6.07) is 0. The maximum atomic E-state index is 10.4. The van der Waals surface area contributed by atoms with Crippen LogP contribution in [0.5, 0.6) is 0 Å². The molecule has 0 saturated heterocycles. The standard InChI is InChI=1S/C22H44O2.Au/c1-2-3-4-5-6-7-8-9-10-11-12-13-14-15-16-17-18-19-20-21-22(23)24;/h2-21H2,1H3,(H,23,24);. The van der Waals surface area contributed by atoms with Gasteiger partial charge in [0.15, 0.2) is 0 Å². The third kappa shape index (κ3) is 26.5. The Labute approximate surface area is 173 Å². The predicted molar refractivity (Wildman–Crippen MR) is 106 cm³/mol. The summed E-state index contributed by atoms with van der Waals surface area (Å²) in [5, 5.41) is 8.56. The topological polar surface area (TPSA) is 37.3 Å². The van der Waals surface area contributed by atoms with Gasteiger partial charge in [0.1, 0.15) is 0 Å². The zero-order valence-corrected chi connectivity index (χ0v) is 19.0. The van der Waals surface area contributed by atoms with Crippen LogP contribution in [0.2, 0.25) is 0 Å². The molecule has 0 rings (SSSR count). The molecule has 1 N–H and O–H groups in total. The molecule has 0 spiro atoms. The number of carboxylic acids is 1. The van der Waals surface area contributed by atoms with Crippen LogP contribution in [-0.4, -0.2) is 11.1 Å². The molecular formula is C22H44AuO2. The van der Waals surface area contributed by atoms with Crippen molar-refractivity contribution in [3.63, 3.8) is 0 Å². The van der Waals surface area contributed by atoms with Gasteiger partial charge in [0.25, 0.3) is 0 Å². The summed E-state index contributed by atoms with van der Waals surface area (Å²) in [7, 11) is 0. The average Bonchev–Trinajstić information content (AvgIpc) is 2.56. The van der Waals surface area contributed by atoms with E-state index < -0.39 is 5.97 Å². The third-order valence-corrected chi connectivity index (χ3v) is 4.99. The van der Waals surface area contributed by atoms with Crippen molar-refractivity contribution < 1.29 is 32.3 Å². The smallest absolute Gasteiger partial charge is 0.303 e. The molecule has 0 saturated carbocycles. The number of carboxylic acid groups (broad SMARTS) is 1. The van der Waals surface area contributed by atoms with E-state index in [1.165, 1.54) is 109 Å². The average molecular weight is 538 g/mol. The molecule has 0 unspecified atom stereocenters. The van der Waals surface area contributed by atoms with Crippen LogP contribution in [0.3, 0.4) is 0 Å². The van der Waals surface area contributed by atoms with E-state index in [9.17, 15) is 4.79 Å². The molecule has 0 aromatic carbocycles. The number of unbranched alkanes of at least 4 members (excludes halogenated alkanes) is 18. The Morgan fingerprint density at radius 3 is 1.00 bits per heavy atom. The van der Waals surface area contributed by atoms with Gasteiger partial charge in [0.05, 0.1) is 0 Å². The molecule has 0 aromatic heterocycles. The Morgan fingerprint density at radius 2 is 0.760 bits per heavy atom. The van der Waals surface area contributed by atoms with Crippen molar-refractivity contribution in [2.45, 2.75) is 135 Å². The number of aliphatic carboxylic acids is 1. The minimum atomic E-state index is -0.651. The van der Waals surface area contributed by atoms with E-state index in [4.69, 9.17) is 5.11 Å². The monoisotopic (exact) mass is 537 g/mol. The van der Waals surface area contributed by atoms with Crippen molar-refractivity contribution in [2.75, 3.05) is 0 Å². The molecule has 0 heterocycles. The number of hydrogen-bond acceptors (Lipinski definition) is 1. The Hall–Kier alpha value is 0.210. The Bertz CT molecular complexity index is 256. The Balaban J connectivity index is 0. The summed E-state index contributed by atoms with van der Waals surface area (Å²) in [4.78, 5) is 10.4. The third-order valence-electron chi connectivity index (χ3n) is 4.99. The van der Waals surface area contributed by atoms with Gasteiger partial charge in [-0.3, -0.25) is 4.79 Å². The van der Waals surface area contributed by atoms with E-state index in [0.29, 0.717) is 6.42 Å². The van der Waals surface area contributed by atoms with Gasteiger partial charge in [-0.25, -0.2) is 0 Å². The molecule has 0 aliphatic carbocycles. The summed E-state index contributed by atoms with van der Waals surface area (Å²) >= 11 is 0. The van der Waals surface area contributed by atoms with Crippen molar-refractivity contribution in [2.24, 2.45) is 0 Å². The van der Waals surface area contributed by atoms with Crippen LogP contribution >= 0.6 is 0 Å². The zero-order chi connectivity index (χ0) is 17.7. The molecule has 1 radical (unpaired) electrons. The number of rotatable bonds is 20. The van der Waals surface area contributed by atoms with Gasteiger partial charge in [-0.1, -0.05) is 122 Å². The van der Waals surface area contributed by atoms with E-state index in [1.807, 2.05) is 0 Å². The Morgan fingerprint density at radius 1 is 0.520 bits per heavy atom. The summed E-state index contributed by atoms with van der Waals surface area (Å²) < 4.78 is 0. The van der Waals surface area contributed by atoms with Crippen LogP contribution in [0.15, 0.2) is 0 Å². The molecule has 0 fully saturated rings. The molecule has 2 nitrogen and oxygen atoms in total. The first-order valence-corrected chi connectivity index (χ1v) is 11.0. The zero-order valence-electron chi connectivity index (χ0n) is 16.8. The molecule has 0 aliphatic rings. The second-order valence-electron chi connectivity index (χ2n) is 7.51. The largest absolute Gasteiger partial charge is 0.481 e. The molecule has 0 bridgehead atoms. The summed E-state index contributed by atoms with van der Waals surface area (Å²) in [5.41, 5.74) is 0. The van der Waals surface area contributed by atoms with Crippen molar-refractivity contribution >= 4 is 5.97 Å². The molecule has 0 aliphatic heterocycles. The normalized spacial score (nSPS) is 10.6. The first-order chi connectivity index (χ1) is 11.8. The number of carbonyl (C=O) groups is 1. The predicted octanol–water partition coefficient (Wildman–Crippen LogP) is 7.89. The van der Waals surface area contributed by atoms with E-state index in [2.05, 4.69) is 6.92 Å². The second kappa shape index (κ2) is 24.2. The molecule has 0 amide bonds. The molecule has 25 heavy (non-hydrogen) atoms. The van der Waals surface area contributed by atoms with Crippen LogP contribution in [-0.2, 0) is 27.2 Å². The minimum Gasteiger partial charge on any atom is -0.481 e. The number of hydrogen-bond donors (Lipinski definition) is 1. The molecule has 3 heteroatoms. The van der Waals surface area contributed by atoms with E-state index in [0.717, 1.165) is 12.8 Å². The second-order valence-corrected chi connectivity index (χ2v) is 7.51. The summed E-state index contributed by atoms with van der Waals surface area (Å²) in [5.74, 6) is -0.651. The van der Waals surface area contributed by atoms with Gasteiger partial charge < -0.3 is 5.11 Å². The fourth-order valence-corrected chi connectivity index (χ4v) is 3.35. The van der Waals surface area contributed by atoms with Crippen LogP contribution in [0, 0.1) is 0 Å². The van der Waals surface area contributed by atoms with Crippen LogP contribution in [0.1, 0.15) is 135 Å². The molecular weight excluding hydrogens is 493 g/mol. The fourth-order valence-electron chi connectivity index (χ4n) is 3.35. The fraction of sp³-hybridized carbons (Fsp3) is 0.955. The van der Waals surface area contributed by atoms with Gasteiger partial charge in [-0.05, 0) is 6.42 Å². The van der Waals surface area contributed by atoms with Gasteiger partial charge >= 0.3 is 5.97 Å². The van der Waals surface area contributed by atoms with Crippen LogP contribution in [0.4, 0.5) is 0 Å². The Kier molecular flexibility index (Phi) is 26.6. The first-order valence-electron chi connectivity index (χ1n) is 11.0. The van der Waals surface area contributed by atoms with Gasteiger partial charge in [0, 0.05) is 28.8 Å². The van der Waals surface area contributed by atoms with Crippen molar-refractivity contribution in [3.8, 4) is 0 Å². The molecule has 0 atom stereocenters. The van der Waals surface area contributed by atoms with E-state index in [-0.39, 0.29) is 22.4 Å². The van der Waals surface area contributed by atoms with Crippen molar-refractivity contribution in [1.82, 2.24) is 0 Å². The molecule has 0 aromatic rings. The van der Waals surface area contributed by atoms with Crippen molar-refractivity contribution in [3.05, 3.63) is 0 Å². The van der Waals surface area contributed by atoms with Gasteiger partial charge in [-0.2, -0.15) is 0 Å². The van der Waals surface area contributed by atoms with E-state index >= 15 is 0 Å². The first kappa shape index (κ1) is 27.4. The maximum Gasteiger partial charge on any atom is 0.303 e. The summed E-state index contributed by atoms with van der Waals surface area (Å²) in [6.07, 6.45) is 26.1. The minimum absolute atomic E-state index is 0. The molecule has 155 valence electrons. The van der Waals surface area contributed by atoms with Gasteiger partial charge in [-0.15, -0.1) is 0 Å². The van der Waals surface area contributed by atoms with E-state index in [1.54, 1.807) is 0 Å².